The highest BCUT2D eigenvalue weighted by molar-refractivity contribution is 7.89. The lowest BCUT2D eigenvalue weighted by Crippen LogP contribution is -2.51. The summed E-state index contributed by atoms with van der Waals surface area (Å²) in [4.78, 5) is 23.5. The van der Waals surface area contributed by atoms with Gasteiger partial charge in [-0.25, -0.2) is 13.2 Å². The smallest absolute Gasteiger partial charge is 0.407 e. The van der Waals surface area contributed by atoms with Crippen molar-refractivity contribution < 1.29 is 56.0 Å². The quantitative estimate of drug-likeness (QED) is 0.154. The van der Waals surface area contributed by atoms with Crippen LogP contribution in [0.4, 0.5) is 4.79 Å². The average molecular weight is 763 g/mol. The summed E-state index contributed by atoms with van der Waals surface area (Å²) in [7, 11) is -6.63. The van der Waals surface area contributed by atoms with Gasteiger partial charge in [0.1, 0.15) is 17.6 Å². The number of aliphatic hydroxyl groups excluding tert-OH is 1. The summed E-state index contributed by atoms with van der Waals surface area (Å²) < 4.78 is 74.1. The first-order valence-electron chi connectivity index (χ1n) is 17.1. The number of hydrogen-bond acceptors (Lipinski definition) is 11. The number of amides is 1. The molecule has 14 nitrogen and oxygen atoms in total. The van der Waals surface area contributed by atoms with E-state index in [-0.39, 0.29) is 49.5 Å². The van der Waals surface area contributed by atoms with Crippen LogP contribution in [0, 0.1) is 11.8 Å². The Morgan fingerprint density at radius 3 is 2.35 bits per heavy atom. The predicted molar refractivity (Wildman–Crippen MR) is 190 cm³/mol. The van der Waals surface area contributed by atoms with Crippen LogP contribution in [0.25, 0.3) is 0 Å². The van der Waals surface area contributed by atoms with Crippen LogP contribution in [0.2, 0.25) is 0 Å². The van der Waals surface area contributed by atoms with E-state index in [1.54, 1.807) is 60.7 Å². The number of carbonyl (C=O) groups is 1. The molecule has 2 fully saturated rings. The molecule has 3 aromatic carbocycles. The van der Waals surface area contributed by atoms with E-state index in [1.807, 2.05) is 19.9 Å². The molecular formula is C36H47N2O12PS. The Morgan fingerprint density at radius 2 is 1.67 bits per heavy atom. The van der Waals surface area contributed by atoms with E-state index in [2.05, 4.69) is 5.32 Å². The Labute approximate surface area is 304 Å². The summed E-state index contributed by atoms with van der Waals surface area (Å²) >= 11 is 0. The number of fused-ring (bicyclic) bond motifs is 1. The molecule has 284 valence electrons. The third-order valence-electron chi connectivity index (χ3n) is 8.72. The third-order valence-corrected chi connectivity index (χ3v) is 11.6. The van der Waals surface area contributed by atoms with Crippen molar-refractivity contribution in [3.05, 3.63) is 90.0 Å². The zero-order valence-electron chi connectivity index (χ0n) is 29.4. The molecule has 0 saturated carbocycles. The number of alkyl carbamates (subject to hydrolysis) is 1. The monoisotopic (exact) mass is 762 g/mol. The van der Waals surface area contributed by atoms with Crippen molar-refractivity contribution in [1.82, 2.24) is 9.62 Å². The minimum Gasteiger partial charge on any atom is -0.497 e. The first kappa shape index (κ1) is 39.7. The number of benzene rings is 3. The molecule has 2 heterocycles. The Balaban J connectivity index is 1.28. The van der Waals surface area contributed by atoms with E-state index in [9.17, 15) is 27.8 Å². The standard InChI is InChI=1S/C36H47N2O12PS/c1-25(2)20-38(52(43,44)30-15-13-28(45-3)14-16-30)21-33(39)32(37-36(40)50-34-23-47-35-31(34)17-18-46-35)19-26-9-11-29(12-10-26)48-24-51(41,42)49-22-27-7-5-4-6-8-27/h4-16,25,31-35,39H,17-24H2,1-3H3,(H,37,40)(H,41,42)/t31-,32-,33+,34-,35+/m0/s1. The number of aliphatic hydroxyl groups is 1. The maximum absolute atomic E-state index is 13.8. The first-order chi connectivity index (χ1) is 24.8. The van der Waals surface area contributed by atoms with E-state index in [4.69, 9.17) is 28.2 Å². The number of ether oxygens (including phenoxy) is 5. The molecule has 5 rings (SSSR count). The van der Waals surface area contributed by atoms with Crippen LogP contribution < -0.4 is 14.8 Å². The topological polar surface area (TPSA) is 179 Å². The van der Waals surface area contributed by atoms with E-state index in [1.165, 1.54) is 23.5 Å². The van der Waals surface area contributed by atoms with Crippen LogP contribution in [0.3, 0.4) is 0 Å². The fraction of sp³-hybridized carbons (Fsp3) is 0.472. The van der Waals surface area contributed by atoms with Crippen molar-refractivity contribution >= 4 is 23.7 Å². The predicted octanol–water partition coefficient (Wildman–Crippen LogP) is 4.54. The Hall–Kier alpha value is -3.53. The number of methoxy groups -OCH3 is 1. The van der Waals surface area contributed by atoms with Crippen LogP contribution in [-0.2, 0) is 46.4 Å². The van der Waals surface area contributed by atoms with Gasteiger partial charge in [0.2, 0.25) is 10.0 Å². The van der Waals surface area contributed by atoms with Gasteiger partial charge in [-0.05, 0) is 66.3 Å². The molecule has 0 spiro atoms. The number of sulfonamides is 1. The number of rotatable bonds is 18. The van der Waals surface area contributed by atoms with Gasteiger partial charge in [-0.2, -0.15) is 4.31 Å². The minimum atomic E-state index is -4.06. The largest absolute Gasteiger partial charge is 0.497 e. The molecule has 2 aliphatic heterocycles. The van der Waals surface area contributed by atoms with Crippen molar-refractivity contribution in [2.24, 2.45) is 11.8 Å². The molecule has 1 unspecified atom stereocenters. The van der Waals surface area contributed by atoms with E-state index in [0.717, 1.165) is 5.56 Å². The lowest BCUT2D eigenvalue weighted by atomic mass is 10.0. The van der Waals surface area contributed by atoms with E-state index < -0.39 is 54.6 Å². The summed E-state index contributed by atoms with van der Waals surface area (Å²) in [5.41, 5.74) is 1.40. The molecule has 16 heteroatoms. The van der Waals surface area contributed by atoms with E-state index >= 15 is 0 Å². The number of carbonyl (C=O) groups excluding carboxylic acids is 1. The molecule has 0 aliphatic carbocycles. The van der Waals surface area contributed by atoms with Gasteiger partial charge in [0, 0.05) is 13.1 Å². The molecule has 3 aromatic rings. The molecule has 0 aromatic heterocycles. The van der Waals surface area contributed by atoms with Crippen molar-refractivity contribution in [2.45, 2.75) is 62.7 Å². The summed E-state index contributed by atoms with van der Waals surface area (Å²) in [5, 5.41) is 14.4. The molecule has 2 aliphatic rings. The molecular weight excluding hydrogens is 715 g/mol. The highest BCUT2D eigenvalue weighted by atomic mass is 32.2. The second-order valence-electron chi connectivity index (χ2n) is 13.2. The molecule has 3 N–H and O–H groups in total. The van der Waals surface area contributed by atoms with Gasteiger partial charge in [0.25, 0.3) is 0 Å². The molecule has 0 bridgehead atoms. The molecule has 1 amide bonds. The Morgan fingerprint density at radius 1 is 0.981 bits per heavy atom. The van der Waals surface area contributed by atoms with Crippen LogP contribution in [0.5, 0.6) is 11.5 Å². The number of hydrogen-bond donors (Lipinski definition) is 3. The molecule has 0 radical (unpaired) electrons. The SMILES string of the molecule is COc1ccc(S(=O)(=O)N(CC(C)C)C[C@@H](O)[C@H](Cc2ccc(OCP(=O)(O)OCc3ccccc3)cc2)NC(=O)O[C@H]2CO[C@H]3OCC[C@H]32)cc1. The molecule has 2 saturated heterocycles. The average Bonchev–Trinajstić information content (AvgIpc) is 3.75. The maximum atomic E-state index is 13.8. The summed E-state index contributed by atoms with van der Waals surface area (Å²) in [6, 6.07) is 20.5. The van der Waals surface area contributed by atoms with Gasteiger partial charge in [0.15, 0.2) is 12.6 Å². The van der Waals surface area contributed by atoms with Crippen LogP contribution >= 0.6 is 7.60 Å². The second-order valence-corrected chi connectivity index (χ2v) is 16.9. The lowest BCUT2D eigenvalue weighted by Gasteiger charge is -2.31. The Kier molecular flexibility index (Phi) is 13.7. The summed E-state index contributed by atoms with van der Waals surface area (Å²) in [6.45, 7) is 4.16. The fourth-order valence-electron chi connectivity index (χ4n) is 5.98. The summed E-state index contributed by atoms with van der Waals surface area (Å²) in [5.74, 6) is 0.620. The van der Waals surface area contributed by atoms with Gasteiger partial charge in [0.05, 0.1) is 49.9 Å². The van der Waals surface area contributed by atoms with Crippen molar-refractivity contribution in [1.29, 1.82) is 0 Å². The van der Waals surface area contributed by atoms with Gasteiger partial charge in [-0.15, -0.1) is 0 Å². The zero-order chi connectivity index (χ0) is 37.3. The molecule has 52 heavy (non-hydrogen) atoms. The highest BCUT2D eigenvalue weighted by Crippen LogP contribution is 2.43. The molecule has 6 atom stereocenters. The highest BCUT2D eigenvalue weighted by Gasteiger charge is 2.44. The maximum Gasteiger partial charge on any atom is 0.407 e. The van der Waals surface area contributed by atoms with Crippen LogP contribution in [0.1, 0.15) is 31.4 Å². The van der Waals surface area contributed by atoms with Gasteiger partial charge in [-0.3, -0.25) is 4.57 Å². The van der Waals surface area contributed by atoms with Crippen molar-refractivity contribution in [3.8, 4) is 11.5 Å². The lowest BCUT2D eigenvalue weighted by molar-refractivity contribution is -0.0907. The van der Waals surface area contributed by atoms with E-state index in [0.29, 0.717) is 30.1 Å². The van der Waals surface area contributed by atoms with Crippen molar-refractivity contribution in [2.75, 3.05) is 39.8 Å². The first-order valence-corrected chi connectivity index (χ1v) is 20.3. The second kappa shape index (κ2) is 18.0. The van der Waals surface area contributed by atoms with Gasteiger partial charge < -0.3 is 43.5 Å². The summed E-state index contributed by atoms with van der Waals surface area (Å²) in [6.07, 6.45) is -2.91. The van der Waals surface area contributed by atoms with Crippen LogP contribution in [0.15, 0.2) is 83.8 Å². The third kappa shape index (κ3) is 11.0. The number of nitrogens with one attached hydrogen (secondary N) is 1. The fourth-order valence-corrected chi connectivity index (χ4v) is 8.34. The minimum absolute atomic E-state index is 0.0353. The zero-order valence-corrected chi connectivity index (χ0v) is 31.1. The Bertz CT molecular complexity index is 1750. The van der Waals surface area contributed by atoms with Crippen LogP contribution in [-0.4, -0.2) is 93.1 Å². The normalized spacial score (nSPS) is 20.9. The van der Waals surface area contributed by atoms with Gasteiger partial charge >= 0.3 is 13.7 Å². The number of nitrogens with zero attached hydrogens (tertiary/aromatic N) is 1. The van der Waals surface area contributed by atoms with Crippen molar-refractivity contribution in [3.63, 3.8) is 0 Å². The van der Waals surface area contributed by atoms with Gasteiger partial charge in [-0.1, -0.05) is 56.3 Å².